The molecule has 10 aromatic carbocycles. The van der Waals surface area contributed by atoms with Gasteiger partial charge < -0.3 is 4.90 Å². The number of hydrogen-bond acceptors (Lipinski definition) is 3. The van der Waals surface area contributed by atoms with Gasteiger partial charge in [-0.3, -0.25) is 0 Å². The van der Waals surface area contributed by atoms with Crippen molar-refractivity contribution in [1.29, 1.82) is 0 Å². The first-order valence-corrected chi connectivity index (χ1v) is 22.4. The predicted octanol–water partition coefficient (Wildman–Crippen LogP) is 17.7. The Kier molecular flexibility index (Phi) is 8.62. The first-order valence-electron chi connectivity index (χ1n) is 20.7. The monoisotopic (exact) mass is 811 g/mol. The van der Waals surface area contributed by atoms with Crippen molar-refractivity contribution < 1.29 is 0 Å². The molecule has 0 N–H and O–H groups in total. The molecule has 0 aliphatic rings. The molecule has 2 heterocycles. The fourth-order valence-electron chi connectivity index (χ4n) is 9.10. The predicted molar refractivity (Wildman–Crippen MR) is 266 cm³/mol. The fraction of sp³-hybridized carbons (Fsp3) is 0. The van der Waals surface area contributed by atoms with Crippen LogP contribution in [0.3, 0.4) is 0 Å². The molecule has 0 saturated carbocycles. The minimum Gasteiger partial charge on any atom is -0.309 e. The van der Waals surface area contributed by atoms with Crippen LogP contribution in [0.2, 0.25) is 0 Å². The van der Waals surface area contributed by atoms with E-state index in [9.17, 15) is 0 Å². The third-order valence-corrected chi connectivity index (χ3v) is 14.4. The summed E-state index contributed by atoms with van der Waals surface area (Å²) in [5.41, 5.74) is 13.2. The van der Waals surface area contributed by atoms with Crippen LogP contribution in [0.25, 0.3) is 95.6 Å². The molecule has 3 heteroatoms. The van der Waals surface area contributed by atoms with Gasteiger partial charge in [0.2, 0.25) is 0 Å². The number of hydrogen-bond donors (Lipinski definition) is 0. The van der Waals surface area contributed by atoms with E-state index >= 15 is 0 Å². The van der Waals surface area contributed by atoms with Gasteiger partial charge in [0.05, 0.1) is 11.4 Å². The van der Waals surface area contributed by atoms with Crippen LogP contribution in [-0.2, 0) is 0 Å². The second-order valence-corrected chi connectivity index (χ2v) is 17.8. The van der Waals surface area contributed by atoms with E-state index in [0.29, 0.717) is 0 Å². The summed E-state index contributed by atoms with van der Waals surface area (Å²) >= 11 is 3.76. The number of rotatable bonds is 7. The molecule has 12 aromatic rings. The molecule has 0 saturated heterocycles. The maximum atomic E-state index is 2.52. The zero-order valence-electron chi connectivity index (χ0n) is 33.1. The van der Waals surface area contributed by atoms with Crippen molar-refractivity contribution in [3.8, 4) is 44.5 Å². The summed E-state index contributed by atoms with van der Waals surface area (Å²) in [5.74, 6) is 0. The fourth-order valence-corrected chi connectivity index (χ4v) is 11.5. The van der Waals surface area contributed by atoms with Crippen LogP contribution in [0, 0.1) is 0 Å². The Bertz CT molecular complexity index is 3580. The smallest absolute Gasteiger partial charge is 0.0555 e. The van der Waals surface area contributed by atoms with Crippen molar-refractivity contribution in [2.24, 2.45) is 0 Å². The standard InChI is InChI=1S/C58H37NS2/c1-3-13-38(14-4-1)46-29-32-50-55(37-46)60-54-24-12-22-51(56(50)54)59(52-34-33-48(41-16-5-2-6-17-41)58-57(52)49-21-9-10-23-53(49)61-58)47-30-27-40(28-31-47)43-19-11-20-44(35-43)45-26-25-39-15-7-8-18-42(39)36-45/h1-37H. The highest BCUT2D eigenvalue weighted by Gasteiger charge is 2.24. The molecule has 0 aliphatic carbocycles. The summed E-state index contributed by atoms with van der Waals surface area (Å²) in [6.45, 7) is 0. The molecule has 0 spiro atoms. The Balaban J connectivity index is 1.05. The van der Waals surface area contributed by atoms with Crippen LogP contribution in [0.1, 0.15) is 0 Å². The summed E-state index contributed by atoms with van der Waals surface area (Å²) in [6.07, 6.45) is 0. The first-order chi connectivity index (χ1) is 30.2. The van der Waals surface area contributed by atoms with Gasteiger partial charge in [0.25, 0.3) is 0 Å². The highest BCUT2D eigenvalue weighted by atomic mass is 32.1. The van der Waals surface area contributed by atoms with Crippen molar-refractivity contribution in [1.82, 2.24) is 0 Å². The van der Waals surface area contributed by atoms with Gasteiger partial charge in [0.1, 0.15) is 0 Å². The van der Waals surface area contributed by atoms with Crippen LogP contribution in [0.15, 0.2) is 224 Å². The second-order valence-electron chi connectivity index (χ2n) is 15.7. The molecule has 1 nitrogen and oxygen atoms in total. The van der Waals surface area contributed by atoms with Crippen molar-refractivity contribution >= 4 is 90.9 Å². The minimum atomic E-state index is 1.12. The van der Waals surface area contributed by atoms with Crippen molar-refractivity contribution in [2.45, 2.75) is 0 Å². The average molecular weight is 812 g/mol. The molecule has 2 aromatic heterocycles. The van der Waals surface area contributed by atoms with E-state index < -0.39 is 0 Å². The number of thiophene rings is 2. The van der Waals surface area contributed by atoms with Crippen LogP contribution < -0.4 is 4.90 Å². The maximum absolute atomic E-state index is 2.52. The molecule has 0 atom stereocenters. The molecule has 0 fully saturated rings. The normalized spacial score (nSPS) is 11.6. The molecule has 0 bridgehead atoms. The lowest BCUT2D eigenvalue weighted by molar-refractivity contribution is 1.32. The van der Waals surface area contributed by atoms with Crippen LogP contribution in [0.5, 0.6) is 0 Å². The van der Waals surface area contributed by atoms with Crippen molar-refractivity contribution in [2.75, 3.05) is 4.90 Å². The molecule has 61 heavy (non-hydrogen) atoms. The third kappa shape index (κ3) is 6.21. The van der Waals surface area contributed by atoms with E-state index in [2.05, 4.69) is 229 Å². The Morgan fingerprint density at radius 1 is 0.295 bits per heavy atom. The largest absolute Gasteiger partial charge is 0.309 e. The second kappa shape index (κ2) is 14.8. The Hall–Kier alpha value is -7.30. The number of benzene rings is 10. The van der Waals surface area contributed by atoms with E-state index in [1.54, 1.807) is 0 Å². The van der Waals surface area contributed by atoms with E-state index in [1.807, 2.05) is 22.7 Å². The zero-order valence-corrected chi connectivity index (χ0v) is 34.8. The van der Waals surface area contributed by atoms with Crippen LogP contribution in [0.4, 0.5) is 17.1 Å². The van der Waals surface area contributed by atoms with Gasteiger partial charge in [-0.15, -0.1) is 22.7 Å². The zero-order chi connectivity index (χ0) is 40.3. The minimum absolute atomic E-state index is 1.12. The van der Waals surface area contributed by atoms with Gasteiger partial charge in [-0.25, -0.2) is 0 Å². The highest BCUT2D eigenvalue weighted by Crippen LogP contribution is 2.51. The molecular formula is C58H37NS2. The van der Waals surface area contributed by atoms with Crippen molar-refractivity contribution in [3.63, 3.8) is 0 Å². The lowest BCUT2D eigenvalue weighted by Crippen LogP contribution is -2.11. The number of anilines is 3. The Morgan fingerprint density at radius 2 is 0.869 bits per heavy atom. The summed E-state index contributed by atoms with van der Waals surface area (Å²) in [4.78, 5) is 2.52. The van der Waals surface area contributed by atoms with E-state index in [4.69, 9.17) is 0 Å². The summed E-state index contributed by atoms with van der Waals surface area (Å²) < 4.78 is 5.15. The van der Waals surface area contributed by atoms with Crippen molar-refractivity contribution in [3.05, 3.63) is 224 Å². The summed E-state index contributed by atoms with van der Waals surface area (Å²) in [6, 6.07) is 82.4. The van der Waals surface area contributed by atoms with Crippen LogP contribution in [-0.4, -0.2) is 0 Å². The SMILES string of the molecule is c1ccc(-c2ccc3c(c2)sc2cccc(N(c4ccc(-c5cccc(-c6ccc7ccccc7c6)c5)cc4)c4ccc(-c5ccccc5)c5sc6ccccc6c45)c23)cc1. The van der Waals surface area contributed by atoms with Gasteiger partial charge >= 0.3 is 0 Å². The van der Waals surface area contributed by atoms with Gasteiger partial charge in [0, 0.05) is 46.0 Å². The van der Waals surface area contributed by atoms with Gasteiger partial charge in [-0.1, -0.05) is 170 Å². The van der Waals surface area contributed by atoms with Gasteiger partial charge in [-0.2, -0.15) is 0 Å². The lowest BCUT2D eigenvalue weighted by Gasteiger charge is -2.28. The summed E-state index contributed by atoms with van der Waals surface area (Å²) in [5, 5.41) is 7.61. The molecular weight excluding hydrogens is 775 g/mol. The van der Waals surface area contributed by atoms with Crippen LogP contribution >= 0.6 is 22.7 Å². The third-order valence-electron chi connectivity index (χ3n) is 12.1. The van der Waals surface area contributed by atoms with E-state index in [1.165, 1.54) is 107 Å². The maximum Gasteiger partial charge on any atom is 0.0555 e. The molecule has 286 valence electrons. The number of fused-ring (bicyclic) bond motifs is 7. The highest BCUT2D eigenvalue weighted by molar-refractivity contribution is 7.26. The number of nitrogens with zero attached hydrogens (tertiary/aromatic N) is 1. The van der Waals surface area contributed by atoms with Gasteiger partial charge in [0.15, 0.2) is 0 Å². The van der Waals surface area contributed by atoms with E-state index in [0.717, 1.165) is 5.69 Å². The first kappa shape index (κ1) is 35.6. The Labute approximate surface area is 362 Å². The molecule has 0 unspecified atom stereocenters. The van der Waals surface area contributed by atoms with Gasteiger partial charge in [-0.05, 0) is 110 Å². The topological polar surface area (TPSA) is 3.24 Å². The molecule has 0 radical (unpaired) electrons. The summed E-state index contributed by atoms with van der Waals surface area (Å²) in [7, 11) is 0. The Morgan fingerprint density at radius 3 is 1.70 bits per heavy atom. The van der Waals surface area contributed by atoms with E-state index in [-0.39, 0.29) is 0 Å². The lowest BCUT2D eigenvalue weighted by atomic mass is 9.97. The molecule has 0 aliphatic heterocycles. The molecule has 12 rings (SSSR count). The quantitative estimate of drug-likeness (QED) is 0.155. The molecule has 0 amide bonds. The average Bonchev–Trinajstić information content (AvgIpc) is 3.92.